The molecular weight excluding hydrogens is 174 g/mol. The van der Waals surface area contributed by atoms with Gasteiger partial charge in [0, 0.05) is 6.61 Å². The topological polar surface area (TPSA) is 39.2 Å². The molecule has 0 aliphatic carbocycles. The summed E-state index contributed by atoms with van der Waals surface area (Å²) in [5.74, 6) is 0.0249. The smallest absolute Gasteiger partial charge is 0.200 e. The SMILES string of the molecule is CCOCC(=O)c1scnc1C. The van der Waals surface area contributed by atoms with E-state index in [4.69, 9.17) is 4.74 Å². The summed E-state index contributed by atoms with van der Waals surface area (Å²) in [4.78, 5) is 16.0. The van der Waals surface area contributed by atoms with Gasteiger partial charge in [-0.3, -0.25) is 4.79 Å². The Morgan fingerprint density at radius 1 is 1.75 bits per heavy atom. The van der Waals surface area contributed by atoms with Crippen LogP contribution in [0.3, 0.4) is 0 Å². The highest BCUT2D eigenvalue weighted by Gasteiger charge is 2.10. The van der Waals surface area contributed by atoms with Crippen LogP contribution < -0.4 is 0 Å². The number of carbonyl (C=O) groups excluding carboxylic acids is 1. The maximum atomic E-state index is 11.3. The van der Waals surface area contributed by atoms with Crippen molar-refractivity contribution in [2.45, 2.75) is 13.8 Å². The number of ketones is 1. The molecule has 0 N–H and O–H groups in total. The van der Waals surface area contributed by atoms with E-state index in [0.29, 0.717) is 11.5 Å². The Hall–Kier alpha value is -0.740. The Morgan fingerprint density at radius 2 is 2.50 bits per heavy atom. The first-order valence-electron chi connectivity index (χ1n) is 3.76. The molecule has 66 valence electrons. The average molecular weight is 185 g/mol. The first-order valence-corrected chi connectivity index (χ1v) is 4.64. The van der Waals surface area contributed by atoms with Gasteiger partial charge in [-0.25, -0.2) is 4.98 Å². The van der Waals surface area contributed by atoms with Crippen LogP contribution in [0.25, 0.3) is 0 Å². The molecule has 1 heterocycles. The largest absolute Gasteiger partial charge is 0.374 e. The number of hydrogen-bond acceptors (Lipinski definition) is 4. The van der Waals surface area contributed by atoms with Gasteiger partial charge in [-0.15, -0.1) is 11.3 Å². The highest BCUT2D eigenvalue weighted by atomic mass is 32.1. The normalized spacial score (nSPS) is 10.2. The van der Waals surface area contributed by atoms with Crippen LogP contribution in [0.15, 0.2) is 5.51 Å². The van der Waals surface area contributed by atoms with E-state index in [1.807, 2.05) is 13.8 Å². The Morgan fingerprint density at radius 3 is 3.00 bits per heavy atom. The monoisotopic (exact) mass is 185 g/mol. The summed E-state index contributed by atoms with van der Waals surface area (Å²) < 4.78 is 5.00. The Labute approximate surface area is 75.4 Å². The van der Waals surface area contributed by atoms with Gasteiger partial charge in [0.15, 0.2) is 5.78 Å². The number of rotatable bonds is 4. The Balaban J connectivity index is 2.59. The van der Waals surface area contributed by atoms with E-state index in [0.717, 1.165) is 5.69 Å². The van der Waals surface area contributed by atoms with Crippen LogP contribution in [0.4, 0.5) is 0 Å². The molecule has 4 heteroatoms. The molecule has 1 rings (SSSR count). The molecule has 0 unspecified atom stereocenters. The molecule has 0 saturated carbocycles. The lowest BCUT2D eigenvalue weighted by Gasteiger charge is -1.97. The van der Waals surface area contributed by atoms with Crippen molar-refractivity contribution in [3.63, 3.8) is 0 Å². The zero-order valence-corrected chi connectivity index (χ0v) is 7.98. The van der Waals surface area contributed by atoms with Gasteiger partial charge in [-0.1, -0.05) is 0 Å². The number of aryl methyl sites for hydroxylation is 1. The van der Waals surface area contributed by atoms with Gasteiger partial charge in [0.25, 0.3) is 0 Å². The van der Waals surface area contributed by atoms with Crippen LogP contribution in [-0.2, 0) is 4.74 Å². The molecule has 0 aliphatic rings. The summed E-state index contributed by atoms with van der Waals surface area (Å²) in [6, 6.07) is 0. The lowest BCUT2D eigenvalue weighted by Crippen LogP contribution is -2.08. The summed E-state index contributed by atoms with van der Waals surface area (Å²) >= 11 is 1.37. The van der Waals surface area contributed by atoms with Crippen LogP contribution in [0.2, 0.25) is 0 Å². The van der Waals surface area contributed by atoms with Gasteiger partial charge < -0.3 is 4.74 Å². The van der Waals surface area contributed by atoms with Gasteiger partial charge in [0.2, 0.25) is 0 Å². The molecule has 0 radical (unpaired) electrons. The van der Waals surface area contributed by atoms with Gasteiger partial charge in [0.1, 0.15) is 6.61 Å². The molecule has 0 aromatic carbocycles. The zero-order valence-electron chi connectivity index (χ0n) is 7.16. The first kappa shape index (κ1) is 9.35. The van der Waals surface area contributed by atoms with E-state index < -0.39 is 0 Å². The van der Waals surface area contributed by atoms with E-state index in [2.05, 4.69) is 4.98 Å². The predicted octanol–water partition coefficient (Wildman–Crippen LogP) is 1.67. The average Bonchev–Trinajstić information content (AvgIpc) is 2.47. The van der Waals surface area contributed by atoms with Gasteiger partial charge in [0.05, 0.1) is 16.1 Å². The van der Waals surface area contributed by atoms with Crippen molar-refractivity contribution in [1.29, 1.82) is 0 Å². The molecule has 0 atom stereocenters. The third-order valence-corrected chi connectivity index (χ3v) is 2.41. The molecule has 0 bridgehead atoms. The highest BCUT2D eigenvalue weighted by Crippen LogP contribution is 2.12. The molecule has 1 aromatic heterocycles. The maximum absolute atomic E-state index is 11.3. The van der Waals surface area contributed by atoms with Gasteiger partial charge in [-0.2, -0.15) is 0 Å². The third kappa shape index (κ3) is 2.12. The van der Waals surface area contributed by atoms with E-state index >= 15 is 0 Å². The molecule has 0 amide bonds. The summed E-state index contributed by atoms with van der Waals surface area (Å²) in [5, 5.41) is 0. The maximum Gasteiger partial charge on any atom is 0.200 e. The second-order valence-corrected chi connectivity index (χ2v) is 3.18. The predicted molar refractivity (Wildman–Crippen MR) is 47.7 cm³/mol. The van der Waals surface area contributed by atoms with Crippen molar-refractivity contribution < 1.29 is 9.53 Å². The van der Waals surface area contributed by atoms with Crippen molar-refractivity contribution in [3.05, 3.63) is 16.1 Å². The minimum absolute atomic E-state index is 0.0249. The van der Waals surface area contributed by atoms with E-state index in [1.165, 1.54) is 11.3 Å². The summed E-state index contributed by atoms with van der Waals surface area (Å²) in [6.45, 7) is 4.44. The lowest BCUT2D eigenvalue weighted by atomic mass is 10.3. The first-order chi connectivity index (χ1) is 5.75. The van der Waals surface area contributed by atoms with E-state index in [1.54, 1.807) is 5.51 Å². The Kier molecular flexibility index (Phi) is 3.37. The fourth-order valence-corrected chi connectivity index (χ4v) is 1.56. The quantitative estimate of drug-likeness (QED) is 0.670. The van der Waals surface area contributed by atoms with Crippen molar-refractivity contribution >= 4 is 17.1 Å². The van der Waals surface area contributed by atoms with Crippen LogP contribution in [0, 0.1) is 6.92 Å². The van der Waals surface area contributed by atoms with Crippen LogP contribution in [0.5, 0.6) is 0 Å². The van der Waals surface area contributed by atoms with Gasteiger partial charge >= 0.3 is 0 Å². The fraction of sp³-hybridized carbons (Fsp3) is 0.500. The summed E-state index contributed by atoms with van der Waals surface area (Å²) in [7, 11) is 0. The van der Waals surface area contributed by atoms with E-state index in [9.17, 15) is 4.79 Å². The van der Waals surface area contributed by atoms with Crippen molar-refractivity contribution in [2.24, 2.45) is 0 Å². The molecule has 12 heavy (non-hydrogen) atoms. The number of nitrogens with zero attached hydrogens (tertiary/aromatic N) is 1. The van der Waals surface area contributed by atoms with Crippen molar-refractivity contribution in [2.75, 3.05) is 13.2 Å². The van der Waals surface area contributed by atoms with Crippen LogP contribution >= 0.6 is 11.3 Å². The van der Waals surface area contributed by atoms with Crippen LogP contribution in [-0.4, -0.2) is 24.0 Å². The number of carbonyl (C=O) groups is 1. The highest BCUT2D eigenvalue weighted by molar-refractivity contribution is 7.11. The minimum atomic E-state index is 0.0249. The third-order valence-electron chi connectivity index (χ3n) is 1.44. The summed E-state index contributed by atoms with van der Waals surface area (Å²) in [5.41, 5.74) is 2.47. The number of aromatic nitrogens is 1. The fourth-order valence-electron chi connectivity index (χ4n) is 0.830. The second kappa shape index (κ2) is 4.33. The van der Waals surface area contributed by atoms with E-state index in [-0.39, 0.29) is 12.4 Å². The van der Waals surface area contributed by atoms with Crippen molar-refractivity contribution in [1.82, 2.24) is 4.98 Å². The van der Waals surface area contributed by atoms with Crippen LogP contribution in [0.1, 0.15) is 22.3 Å². The molecule has 3 nitrogen and oxygen atoms in total. The van der Waals surface area contributed by atoms with Crippen molar-refractivity contribution in [3.8, 4) is 0 Å². The number of hydrogen-bond donors (Lipinski definition) is 0. The number of ether oxygens (including phenoxy) is 1. The lowest BCUT2D eigenvalue weighted by molar-refractivity contribution is 0.0786. The second-order valence-electron chi connectivity index (χ2n) is 2.33. The molecule has 0 fully saturated rings. The minimum Gasteiger partial charge on any atom is -0.374 e. The number of thiazole rings is 1. The van der Waals surface area contributed by atoms with Gasteiger partial charge in [-0.05, 0) is 13.8 Å². The molecular formula is C8H11NO2S. The molecule has 0 saturated heterocycles. The molecule has 0 spiro atoms. The number of Topliss-reactive ketones (excluding diaryl/α,β-unsaturated/α-hetero) is 1. The summed E-state index contributed by atoms with van der Waals surface area (Å²) in [6.07, 6.45) is 0. The zero-order chi connectivity index (χ0) is 8.97. The molecule has 1 aromatic rings. The Bertz CT molecular complexity index is 270. The molecule has 0 aliphatic heterocycles. The standard InChI is InChI=1S/C8H11NO2S/c1-3-11-4-7(10)8-6(2)9-5-12-8/h5H,3-4H2,1-2H3.